The molecule has 0 saturated heterocycles. The van der Waals surface area contributed by atoms with Gasteiger partial charge in [-0.05, 0) is 18.7 Å². The molecule has 0 heterocycles. The van der Waals surface area contributed by atoms with Crippen molar-refractivity contribution >= 4 is 26.9 Å². The predicted molar refractivity (Wildman–Crippen MR) is 51.9 cm³/mol. The van der Waals surface area contributed by atoms with E-state index in [1.807, 2.05) is 12.6 Å². The number of para-hydroxylation sites is 2. The van der Waals surface area contributed by atoms with Crippen LogP contribution in [0.2, 0.25) is 6.55 Å². The molecule has 0 bridgehead atoms. The van der Waals surface area contributed by atoms with Gasteiger partial charge in [-0.15, -0.1) is 0 Å². The van der Waals surface area contributed by atoms with Crippen molar-refractivity contribution in [3.05, 3.63) is 24.3 Å². The second-order valence-corrected chi connectivity index (χ2v) is 8.93. The summed E-state index contributed by atoms with van der Waals surface area (Å²) in [6.07, 6.45) is 0. The molecule has 2 nitrogen and oxygen atoms in total. The smallest absolute Gasteiger partial charge is 0.249 e. The quantitative estimate of drug-likeness (QED) is 0.740. The Balaban J connectivity index is 2.69. The van der Waals surface area contributed by atoms with Crippen LogP contribution < -0.4 is 4.43 Å². The van der Waals surface area contributed by atoms with Gasteiger partial charge in [0.05, 0.1) is 8.55 Å². The van der Waals surface area contributed by atoms with Crippen LogP contribution in [-0.2, 0) is 0 Å². The van der Waals surface area contributed by atoms with Crippen LogP contribution in [0.1, 0.15) is 0 Å². The monoisotopic (exact) mass is 208 g/mol. The number of aromatic hydroxyl groups is 1. The average molecular weight is 208 g/mol. The Morgan fingerprint density at radius 1 is 1.50 bits per heavy atom. The van der Waals surface area contributed by atoms with Crippen molar-refractivity contribution in [2.75, 3.05) is 0 Å². The number of benzene rings is 1. The molecular weight excluding hydrogens is 200 g/mol. The first-order chi connectivity index (χ1) is 5.74. The Labute approximate surface area is 79.1 Å². The molecule has 0 atom stereocenters. The summed E-state index contributed by atoms with van der Waals surface area (Å²) in [4.78, 5) is 0. The zero-order valence-electron chi connectivity index (χ0n) is 6.66. The second-order valence-electron chi connectivity index (χ2n) is 2.25. The largest absolute Gasteiger partial charge is 0.544 e. The molecule has 1 aromatic carbocycles. The molecule has 0 unspecified atom stereocenters. The Morgan fingerprint density at radius 3 is 2.75 bits per heavy atom. The fourth-order valence-electron chi connectivity index (χ4n) is 0.734. The summed E-state index contributed by atoms with van der Waals surface area (Å²) in [7, 11) is 3.21. The van der Waals surface area contributed by atoms with Crippen molar-refractivity contribution in [2.24, 2.45) is 0 Å². The van der Waals surface area contributed by atoms with E-state index in [2.05, 4.69) is 9.76 Å². The molecule has 12 heavy (non-hydrogen) atoms. The molecule has 1 aromatic rings. The van der Waals surface area contributed by atoms with Crippen LogP contribution in [0.3, 0.4) is 0 Å². The summed E-state index contributed by atoms with van der Waals surface area (Å²) in [6, 6.07) is 7.03. The number of phenolic OH excluding ortho intramolecular Hbond substituents is 1. The lowest BCUT2D eigenvalue weighted by molar-refractivity contribution is 0.442. The van der Waals surface area contributed by atoms with E-state index >= 15 is 0 Å². The molecule has 0 aromatic heterocycles. The second kappa shape index (κ2) is 4.48. The van der Waals surface area contributed by atoms with E-state index in [1.165, 1.54) is 0 Å². The molecule has 0 aliphatic carbocycles. The highest BCUT2D eigenvalue weighted by Crippen LogP contribution is 2.24. The van der Waals surface area contributed by atoms with Crippen LogP contribution in [0, 0.1) is 0 Å². The third-order valence-corrected chi connectivity index (χ3v) is 6.71. The highest BCUT2D eigenvalue weighted by atomic mass is 29.5. The van der Waals surface area contributed by atoms with Gasteiger partial charge >= 0.3 is 0 Å². The molecule has 0 aliphatic heterocycles. The highest BCUT2D eigenvalue weighted by Gasteiger charge is 2.07. The van der Waals surface area contributed by atoms with Crippen LogP contribution in [0.5, 0.6) is 11.5 Å². The van der Waals surface area contributed by atoms with E-state index < -0.39 is 8.56 Å². The summed E-state index contributed by atoms with van der Waals surface area (Å²) in [5.41, 5.74) is 0. The zero-order valence-corrected chi connectivity index (χ0v) is 9.66. The van der Waals surface area contributed by atoms with Gasteiger partial charge in [0.15, 0.2) is 5.75 Å². The summed E-state index contributed by atoms with van der Waals surface area (Å²) >= 11 is 0. The Hall–Kier alpha value is -0.529. The molecule has 6 radical (unpaired) electrons. The number of hydrogen-bond acceptors (Lipinski definition) is 2. The van der Waals surface area contributed by atoms with Crippen LogP contribution >= 0.6 is 0 Å². The van der Waals surface area contributed by atoms with Crippen molar-refractivity contribution in [1.29, 1.82) is 0 Å². The minimum absolute atomic E-state index is 0.215. The molecule has 0 saturated carbocycles. The van der Waals surface area contributed by atoms with E-state index in [0.717, 1.165) is 0 Å². The van der Waals surface area contributed by atoms with Crippen LogP contribution in [0.15, 0.2) is 24.3 Å². The van der Waals surface area contributed by atoms with Crippen LogP contribution in [0.4, 0.5) is 0 Å². The lowest BCUT2D eigenvalue weighted by Gasteiger charge is -2.11. The van der Waals surface area contributed by atoms with Crippen molar-refractivity contribution < 1.29 is 9.53 Å². The molecule has 5 heteroatoms. The van der Waals surface area contributed by atoms with Gasteiger partial charge in [0, 0.05) is 9.76 Å². The standard InChI is InChI=1S/C7H8O2Si3/c1-12(11-10)9-7-5-3-2-4-6(7)8/h2-5,8H,1H3. The van der Waals surface area contributed by atoms with Crippen LogP contribution in [-0.4, -0.2) is 32.0 Å². The zero-order chi connectivity index (χ0) is 8.97. The van der Waals surface area contributed by atoms with Crippen molar-refractivity contribution in [2.45, 2.75) is 6.55 Å². The lowest BCUT2D eigenvalue weighted by Crippen LogP contribution is -2.26. The van der Waals surface area contributed by atoms with Gasteiger partial charge < -0.3 is 9.53 Å². The molecule has 0 amide bonds. The number of hydrogen-bond donors (Lipinski definition) is 1. The average Bonchev–Trinajstić information content (AvgIpc) is 2.09. The topological polar surface area (TPSA) is 29.5 Å². The van der Waals surface area contributed by atoms with Gasteiger partial charge in [-0.25, -0.2) is 0 Å². The maximum absolute atomic E-state index is 9.33. The summed E-state index contributed by atoms with van der Waals surface area (Å²) < 4.78 is 5.51. The van der Waals surface area contributed by atoms with E-state index in [0.29, 0.717) is 14.3 Å². The molecule has 1 N–H and O–H groups in total. The minimum Gasteiger partial charge on any atom is -0.544 e. The van der Waals surface area contributed by atoms with Gasteiger partial charge in [0.1, 0.15) is 5.75 Å². The molecular formula is C7H8O2Si3. The van der Waals surface area contributed by atoms with E-state index in [9.17, 15) is 5.11 Å². The molecule has 60 valence electrons. The summed E-state index contributed by atoms with van der Waals surface area (Å²) in [6.45, 7) is 2.04. The molecule has 0 fully saturated rings. The normalized spacial score (nSPS) is 10.2. The van der Waals surface area contributed by atoms with Gasteiger partial charge in [0.25, 0.3) is 0 Å². The predicted octanol–water partition coefficient (Wildman–Crippen LogP) is 0.677. The summed E-state index contributed by atoms with van der Waals surface area (Å²) in [5.74, 6) is 0.798. The number of phenols is 1. The fraction of sp³-hybridized carbons (Fsp3) is 0.143. The van der Waals surface area contributed by atoms with Gasteiger partial charge in [-0.3, -0.25) is 0 Å². The third kappa shape index (κ3) is 2.50. The first kappa shape index (κ1) is 9.56. The molecule has 0 spiro atoms. The Bertz CT molecular complexity index is 254. The van der Waals surface area contributed by atoms with Gasteiger partial charge in [-0.1, -0.05) is 12.1 Å². The fourth-order valence-corrected chi connectivity index (χ4v) is 2.23. The Kier molecular flexibility index (Phi) is 3.57. The van der Waals surface area contributed by atoms with Gasteiger partial charge in [0.2, 0.25) is 8.56 Å². The van der Waals surface area contributed by atoms with E-state index in [-0.39, 0.29) is 5.75 Å². The first-order valence-corrected chi connectivity index (χ1v) is 8.87. The highest BCUT2D eigenvalue weighted by molar-refractivity contribution is 7.29. The van der Waals surface area contributed by atoms with Gasteiger partial charge in [-0.2, -0.15) is 0 Å². The maximum Gasteiger partial charge on any atom is 0.249 e. The lowest BCUT2D eigenvalue weighted by atomic mass is 10.3. The number of rotatable bonds is 3. The van der Waals surface area contributed by atoms with Crippen molar-refractivity contribution in [3.63, 3.8) is 0 Å². The summed E-state index contributed by atoms with van der Waals surface area (Å²) in [5, 5.41) is 9.33. The molecule has 1 rings (SSSR count). The minimum atomic E-state index is -0.822. The van der Waals surface area contributed by atoms with E-state index in [1.54, 1.807) is 18.2 Å². The third-order valence-electron chi connectivity index (χ3n) is 1.30. The van der Waals surface area contributed by atoms with E-state index in [4.69, 9.17) is 4.43 Å². The van der Waals surface area contributed by atoms with Crippen molar-refractivity contribution in [3.8, 4) is 11.5 Å². The van der Waals surface area contributed by atoms with Crippen LogP contribution in [0.25, 0.3) is 0 Å². The maximum atomic E-state index is 9.33. The molecule has 0 aliphatic rings. The first-order valence-electron chi connectivity index (χ1n) is 3.46. The SMILES string of the molecule is C[Si](Oc1ccccc1O)[Si][Si]. The Morgan fingerprint density at radius 2 is 2.17 bits per heavy atom. The van der Waals surface area contributed by atoms with Crippen molar-refractivity contribution in [1.82, 2.24) is 0 Å².